The van der Waals surface area contributed by atoms with Crippen LogP contribution in [0.5, 0.6) is 11.5 Å². The van der Waals surface area contributed by atoms with E-state index in [1.165, 1.54) is 44.6 Å². The van der Waals surface area contributed by atoms with Gasteiger partial charge in [0.15, 0.2) is 0 Å². The van der Waals surface area contributed by atoms with Crippen LogP contribution in [0.3, 0.4) is 0 Å². The van der Waals surface area contributed by atoms with Gasteiger partial charge in [-0.1, -0.05) is 165 Å². The van der Waals surface area contributed by atoms with Crippen molar-refractivity contribution in [2.75, 3.05) is 16.5 Å². The number of nitrogens with zero attached hydrogens (tertiary/aromatic N) is 4. The van der Waals surface area contributed by atoms with Crippen LogP contribution in [-0.2, 0) is 16.2 Å². The zero-order valence-corrected chi connectivity index (χ0v) is 42.7. The first kappa shape index (κ1) is 45.1. The maximum absolute atomic E-state index is 6.93. The third-order valence-electron chi connectivity index (χ3n) is 14.6. The Morgan fingerprint density at radius 2 is 1.11 bits per heavy atom. The molecule has 356 valence electrons. The van der Waals surface area contributed by atoms with E-state index in [0.29, 0.717) is 6.67 Å². The van der Waals surface area contributed by atoms with E-state index in [-0.39, 0.29) is 16.2 Å². The molecule has 6 nitrogen and oxygen atoms in total. The maximum atomic E-state index is 6.93. The number of furan rings is 1. The SMILES string of the molecule is CC(C)(C)c1cc(-c2cccc(-c3ccccc3)c2N2CN(c3cccc(Oc4ccc5c6ccc7oc8ccccc8c7c6n(-c6cc(C(C)(C)C)ccn6)c5c4)c3)c3ccccc32)cc(C(C)(C)C)c1. The molecule has 0 fully saturated rings. The number of para-hydroxylation sites is 4. The van der Waals surface area contributed by atoms with Gasteiger partial charge in [-0.05, 0) is 111 Å². The highest BCUT2D eigenvalue weighted by Crippen LogP contribution is 2.51. The van der Waals surface area contributed by atoms with Gasteiger partial charge in [0.05, 0.1) is 33.5 Å². The van der Waals surface area contributed by atoms with Crippen molar-refractivity contribution in [1.82, 2.24) is 9.55 Å². The molecule has 0 bridgehead atoms. The Hall–Kier alpha value is -8.09. The fourth-order valence-corrected chi connectivity index (χ4v) is 10.6. The number of benzene rings is 8. The predicted octanol–water partition coefficient (Wildman–Crippen LogP) is 18.3. The zero-order valence-electron chi connectivity index (χ0n) is 42.7. The van der Waals surface area contributed by atoms with Crippen LogP contribution in [0.25, 0.3) is 71.8 Å². The van der Waals surface area contributed by atoms with E-state index < -0.39 is 0 Å². The monoisotopic (exact) mass is 940 g/mol. The van der Waals surface area contributed by atoms with Gasteiger partial charge >= 0.3 is 0 Å². The standard InChI is InChI=1S/C66H60N4O2/c1-64(2,3)44-33-34-67-60(38-44)70-57-40-49(29-30-52(57)53-31-32-59-61(63(53)70)54-23-13-16-28-58(54)72-59)71-48-22-17-21-47(39-48)68-41-69(56-27-15-14-26-55(56)68)62-50(42-19-11-10-12-20-42)24-18-25-51(62)43-35-45(65(4,5)6)37-46(36-43)66(7,8)9/h10-40H,41H2,1-9H3. The highest BCUT2D eigenvalue weighted by Gasteiger charge is 2.32. The van der Waals surface area contributed by atoms with Gasteiger partial charge in [0.2, 0.25) is 0 Å². The summed E-state index contributed by atoms with van der Waals surface area (Å²) in [5, 5.41) is 4.40. The predicted molar refractivity (Wildman–Crippen MR) is 301 cm³/mol. The smallest absolute Gasteiger partial charge is 0.137 e. The molecule has 8 aromatic carbocycles. The molecule has 0 saturated carbocycles. The Labute approximate surface area is 422 Å². The highest BCUT2D eigenvalue weighted by molar-refractivity contribution is 6.24. The lowest BCUT2D eigenvalue weighted by Crippen LogP contribution is -2.25. The minimum Gasteiger partial charge on any atom is -0.457 e. The first-order chi connectivity index (χ1) is 34.6. The van der Waals surface area contributed by atoms with E-state index in [4.69, 9.17) is 14.1 Å². The van der Waals surface area contributed by atoms with Crippen molar-refractivity contribution < 1.29 is 9.15 Å². The molecule has 6 heteroatoms. The largest absolute Gasteiger partial charge is 0.457 e. The molecule has 0 amide bonds. The molecule has 0 radical (unpaired) electrons. The Kier molecular flexibility index (Phi) is 10.5. The van der Waals surface area contributed by atoms with Crippen molar-refractivity contribution in [3.8, 4) is 39.6 Å². The summed E-state index contributed by atoms with van der Waals surface area (Å²) in [5.41, 5.74) is 16.8. The summed E-state index contributed by atoms with van der Waals surface area (Å²) >= 11 is 0. The second kappa shape index (κ2) is 16.8. The fourth-order valence-electron chi connectivity index (χ4n) is 10.6. The van der Waals surface area contributed by atoms with Gasteiger partial charge in [-0.3, -0.25) is 4.57 Å². The summed E-state index contributed by atoms with van der Waals surface area (Å²) in [4.78, 5) is 9.96. The van der Waals surface area contributed by atoms with Gasteiger partial charge in [0, 0.05) is 51.3 Å². The summed E-state index contributed by atoms with van der Waals surface area (Å²) in [5.74, 6) is 2.34. The molecule has 3 aromatic heterocycles. The molecule has 0 unspecified atom stereocenters. The normalized spacial score (nSPS) is 13.2. The summed E-state index contributed by atoms with van der Waals surface area (Å²) in [7, 11) is 0. The van der Waals surface area contributed by atoms with Gasteiger partial charge in [-0.25, -0.2) is 4.98 Å². The van der Waals surface area contributed by atoms with Gasteiger partial charge in [0.1, 0.15) is 35.2 Å². The van der Waals surface area contributed by atoms with E-state index in [9.17, 15) is 0 Å². The van der Waals surface area contributed by atoms with Crippen molar-refractivity contribution in [2.24, 2.45) is 0 Å². The van der Waals surface area contributed by atoms with Crippen molar-refractivity contribution >= 4 is 66.5 Å². The van der Waals surface area contributed by atoms with E-state index in [1.807, 2.05) is 18.3 Å². The Morgan fingerprint density at radius 3 is 1.85 bits per heavy atom. The number of fused-ring (bicyclic) bond motifs is 8. The van der Waals surface area contributed by atoms with Crippen molar-refractivity contribution in [1.29, 1.82) is 0 Å². The first-order valence-electron chi connectivity index (χ1n) is 25.2. The molecular formula is C66H60N4O2. The van der Waals surface area contributed by atoms with E-state index in [1.54, 1.807) is 0 Å². The molecule has 0 N–H and O–H groups in total. The first-order valence-corrected chi connectivity index (χ1v) is 25.2. The average molecular weight is 941 g/mol. The van der Waals surface area contributed by atoms with Crippen LogP contribution in [0.1, 0.15) is 79.0 Å². The topological polar surface area (TPSA) is 46.7 Å². The van der Waals surface area contributed by atoms with Gasteiger partial charge in [0.25, 0.3) is 0 Å². The Balaban J connectivity index is 0.966. The van der Waals surface area contributed by atoms with Crippen LogP contribution in [-0.4, -0.2) is 16.2 Å². The molecule has 0 atom stereocenters. The summed E-state index contributed by atoms with van der Waals surface area (Å²) in [6, 6.07) is 65.5. The number of hydrogen-bond donors (Lipinski definition) is 0. The van der Waals surface area contributed by atoms with Gasteiger partial charge in [-0.2, -0.15) is 0 Å². The van der Waals surface area contributed by atoms with Crippen molar-refractivity contribution in [3.63, 3.8) is 0 Å². The fraction of sp³-hybridized carbons (Fsp3) is 0.197. The maximum Gasteiger partial charge on any atom is 0.137 e. The molecule has 0 saturated heterocycles. The average Bonchev–Trinajstić information content (AvgIpc) is 4.05. The molecule has 1 aliphatic rings. The summed E-state index contributed by atoms with van der Waals surface area (Å²) < 4.78 is 15.7. The number of hydrogen-bond acceptors (Lipinski definition) is 5. The lowest BCUT2D eigenvalue weighted by Gasteiger charge is -2.29. The second-order valence-corrected chi connectivity index (χ2v) is 22.6. The number of pyridine rings is 1. The molecule has 0 spiro atoms. The van der Waals surface area contributed by atoms with Crippen LogP contribution in [0.15, 0.2) is 193 Å². The lowest BCUT2D eigenvalue weighted by atomic mass is 9.78. The van der Waals surface area contributed by atoms with E-state index in [2.05, 4.69) is 247 Å². The van der Waals surface area contributed by atoms with Crippen LogP contribution < -0.4 is 14.5 Å². The van der Waals surface area contributed by atoms with E-state index >= 15 is 0 Å². The van der Waals surface area contributed by atoms with Crippen molar-refractivity contribution in [3.05, 3.63) is 205 Å². The van der Waals surface area contributed by atoms with Crippen LogP contribution >= 0.6 is 0 Å². The summed E-state index contributed by atoms with van der Waals surface area (Å²) in [6.07, 6.45) is 1.93. The number of aromatic nitrogens is 2. The lowest BCUT2D eigenvalue weighted by molar-refractivity contribution is 0.483. The van der Waals surface area contributed by atoms with Crippen LogP contribution in [0.4, 0.5) is 22.7 Å². The molecule has 0 aliphatic carbocycles. The Morgan fingerprint density at radius 1 is 0.472 bits per heavy atom. The van der Waals surface area contributed by atoms with Crippen molar-refractivity contribution in [2.45, 2.75) is 78.6 Å². The minimum atomic E-state index is -0.0674. The highest BCUT2D eigenvalue weighted by atomic mass is 16.5. The minimum absolute atomic E-state index is 0.0286. The third-order valence-corrected chi connectivity index (χ3v) is 14.6. The quantitative estimate of drug-likeness (QED) is 0.159. The third kappa shape index (κ3) is 7.77. The van der Waals surface area contributed by atoms with Gasteiger partial charge in [-0.15, -0.1) is 0 Å². The van der Waals surface area contributed by atoms with E-state index in [0.717, 1.165) is 78.1 Å². The van der Waals surface area contributed by atoms with Gasteiger partial charge < -0.3 is 19.0 Å². The molecule has 12 rings (SSSR count). The molecule has 11 aromatic rings. The summed E-state index contributed by atoms with van der Waals surface area (Å²) in [6.45, 7) is 21.2. The second-order valence-electron chi connectivity index (χ2n) is 22.6. The number of ether oxygens (including phenoxy) is 1. The number of anilines is 4. The molecular weight excluding hydrogens is 881 g/mol. The molecule has 4 heterocycles. The van der Waals surface area contributed by atoms with Crippen LogP contribution in [0, 0.1) is 0 Å². The van der Waals surface area contributed by atoms with Crippen LogP contribution in [0.2, 0.25) is 0 Å². The zero-order chi connectivity index (χ0) is 49.7. The molecule has 72 heavy (non-hydrogen) atoms. The Bertz CT molecular complexity index is 3860. The number of rotatable bonds is 7. The molecule has 1 aliphatic heterocycles.